The number of urea groups is 1. The van der Waals surface area contributed by atoms with E-state index in [2.05, 4.69) is 36.6 Å². The Morgan fingerprint density at radius 3 is 2.45 bits per heavy atom. The van der Waals surface area contributed by atoms with Gasteiger partial charge in [0.1, 0.15) is 0 Å². The number of hydrogen-bond acceptors (Lipinski definition) is 4. The van der Waals surface area contributed by atoms with Crippen LogP contribution in [-0.2, 0) is 9.53 Å². The van der Waals surface area contributed by atoms with Crippen molar-refractivity contribution in [3.8, 4) is 16.9 Å². The average Bonchev–Trinajstić information content (AvgIpc) is 3.25. The summed E-state index contributed by atoms with van der Waals surface area (Å²) in [5.74, 6) is -0.0637. The summed E-state index contributed by atoms with van der Waals surface area (Å²) in [6, 6.07) is 16.9. The lowest BCUT2D eigenvalue weighted by atomic mass is 9.93. The normalized spacial score (nSPS) is 15.9. The van der Waals surface area contributed by atoms with Gasteiger partial charge in [0.2, 0.25) is 0 Å². The molecule has 170 valence electrons. The topological polar surface area (TPSA) is 85.2 Å². The molecule has 1 aromatic heterocycles. The van der Waals surface area contributed by atoms with Crippen LogP contribution in [0.1, 0.15) is 50.8 Å². The van der Waals surface area contributed by atoms with Gasteiger partial charge >= 0.3 is 12.0 Å². The van der Waals surface area contributed by atoms with Crippen LogP contribution < -0.4 is 10.6 Å². The minimum atomic E-state index is -0.699. The van der Waals surface area contributed by atoms with Gasteiger partial charge in [0.05, 0.1) is 29.6 Å². The van der Waals surface area contributed by atoms with Gasteiger partial charge in [-0.3, -0.25) is 0 Å². The maximum atomic E-state index is 12.8. The molecule has 7 heteroatoms. The number of esters is 1. The lowest BCUT2D eigenvalue weighted by Gasteiger charge is -2.27. The molecule has 1 aliphatic heterocycles. The lowest BCUT2D eigenvalue weighted by molar-refractivity contribution is -0.139. The van der Waals surface area contributed by atoms with E-state index >= 15 is 0 Å². The van der Waals surface area contributed by atoms with Crippen molar-refractivity contribution in [2.45, 2.75) is 39.7 Å². The Kier molecular flexibility index (Phi) is 6.31. The van der Waals surface area contributed by atoms with Crippen molar-refractivity contribution in [3.63, 3.8) is 0 Å². The summed E-state index contributed by atoms with van der Waals surface area (Å²) < 4.78 is 7.07. The van der Waals surface area contributed by atoms with Crippen LogP contribution in [0.25, 0.3) is 16.9 Å². The number of benzene rings is 2. The van der Waals surface area contributed by atoms with Gasteiger partial charge < -0.3 is 15.4 Å². The summed E-state index contributed by atoms with van der Waals surface area (Å²) >= 11 is 0. The molecule has 2 aromatic carbocycles. The Balaban J connectivity index is 1.88. The molecule has 2 heterocycles. The fourth-order valence-electron chi connectivity index (χ4n) is 3.97. The summed E-state index contributed by atoms with van der Waals surface area (Å²) in [4.78, 5) is 25.2. The molecule has 0 spiro atoms. The summed E-state index contributed by atoms with van der Waals surface area (Å²) in [5, 5.41) is 10.4. The van der Waals surface area contributed by atoms with Crippen LogP contribution >= 0.6 is 0 Å². The molecule has 0 aliphatic carbocycles. The van der Waals surface area contributed by atoms with E-state index in [4.69, 9.17) is 9.84 Å². The van der Waals surface area contributed by atoms with E-state index in [0.717, 1.165) is 11.3 Å². The zero-order chi connectivity index (χ0) is 23.5. The summed E-state index contributed by atoms with van der Waals surface area (Å²) in [6.07, 6.45) is 1.86. The van der Waals surface area contributed by atoms with Crippen molar-refractivity contribution in [1.29, 1.82) is 0 Å². The lowest BCUT2D eigenvalue weighted by Crippen LogP contribution is -2.45. The first-order valence-electron chi connectivity index (χ1n) is 11.1. The van der Waals surface area contributed by atoms with E-state index < -0.39 is 12.0 Å². The fraction of sp³-hybridized carbons (Fsp3) is 0.269. The number of allylic oxidation sites excluding steroid dienone is 1. The van der Waals surface area contributed by atoms with Crippen molar-refractivity contribution in [2.75, 3.05) is 6.61 Å². The molecule has 3 aromatic rings. The zero-order valence-electron chi connectivity index (χ0n) is 19.3. The van der Waals surface area contributed by atoms with Crippen molar-refractivity contribution in [2.24, 2.45) is 0 Å². The van der Waals surface area contributed by atoms with E-state index in [9.17, 15) is 9.59 Å². The largest absolute Gasteiger partial charge is 0.463 e. The Labute approximate surface area is 193 Å². The molecule has 1 atom stereocenters. The third-order valence-corrected chi connectivity index (χ3v) is 5.69. The molecule has 2 N–H and O–H groups in total. The highest BCUT2D eigenvalue weighted by Crippen LogP contribution is 2.35. The molecule has 1 aliphatic rings. The van der Waals surface area contributed by atoms with E-state index in [0.29, 0.717) is 28.4 Å². The number of carbonyl (C=O) groups is 2. The molecule has 0 saturated heterocycles. The maximum Gasteiger partial charge on any atom is 0.338 e. The van der Waals surface area contributed by atoms with Crippen molar-refractivity contribution in [3.05, 3.63) is 83.2 Å². The van der Waals surface area contributed by atoms with Gasteiger partial charge in [-0.1, -0.05) is 56.3 Å². The van der Waals surface area contributed by atoms with E-state index in [1.165, 1.54) is 5.56 Å². The number of carbonyl (C=O) groups excluding carboxylic acids is 2. The molecule has 0 fully saturated rings. The van der Waals surface area contributed by atoms with Crippen LogP contribution in [0.5, 0.6) is 0 Å². The van der Waals surface area contributed by atoms with Gasteiger partial charge in [0.25, 0.3) is 0 Å². The molecule has 0 radical (unpaired) electrons. The number of para-hydroxylation sites is 1. The summed E-state index contributed by atoms with van der Waals surface area (Å²) in [5.41, 5.74) is 5.24. The third kappa shape index (κ3) is 4.53. The zero-order valence-corrected chi connectivity index (χ0v) is 19.3. The van der Waals surface area contributed by atoms with Gasteiger partial charge in [-0.2, -0.15) is 5.10 Å². The predicted molar refractivity (Wildman–Crippen MR) is 127 cm³/mol. The maximum absolute atomic E-state index is 12.8. The van der Waals surface area contributed by atoms with E-state index in [1.54, 1.807) is 18.5 Å². The molecule has 33 heavy (non-hydrogen) atoms. The van der Waals surface area contributed by atoms with Crippen LogP contribution in [0, 0.1) is 0 Å². The number of rotatable bonds is 6. The van der Waals surface area contributed by atoms with Crippen LogP contribution in [0.2, 0.25) is 0 Å². The molecule has 0 unspecified atom stereocenters. The molecule has 0 bridgehead atoms. The molecule has 2 amide bonds. The minimum Gasteiger partial charge on any atom is -0.463 e. The quantitative estimate of drug-likeness (QED) is 0.532. The third-order valence-electron chi connectivity index (χ3n) is 5.69. The van der Waals surface area contributed by atoms with Crippen LogP contribution in [0.3, 0.4) is 0 Å². The second-order valence-electron chi connectivity index (χ2n) is 8.28. The predicted octanol–water partition coefficient (Wildman–Crippen LogP) is 4.85. The summed E-state index contributed by atoms with van der Waals surface area (Å²) in [6.45, 7) is 8.00. The SMILES string of the molecule is CCOC(=O)C1=C(C)NC(=O)N[C@H]1c1cn(-c2ccccc2)nc1-c1ccc(C(C)C)cc1. The van der Waals surface area contributed by atoms with Crippen LogP contribution in [0.15, 0.2) is 72.1 Å². The van der Waals surface area contributed by atoms with E-state index in [-0.39, 0.29) is 12.6 Å². The van der Waals surface area contributed by atoms with Gasteiger partial charge in [0, 0.05) is 23.0 Å². The minimum absolute atomic E-state index is 0.239. The average molecular weight is 445 g/mol. The van der Waals surface area contributed by atoms with Gasteiger partial charge in [-0.25, -0.2) is 14.3 Å². The van der Waals surface area contributed by atoms with Crippen molar-refractivity contribution >= 4 is 12.0 Å². The molecule has 7 nitrogen and oxygen atoms in total. The molecule has 4 rings (SSSR count). The highest BCUT2D eigenvalue weighted by Gasteiger charge is 2.35. The highest BCUT2D eigenvalue weighted by molar-refractivity contribution is 5.95. The first-order valence-corrected chi connectivity index (χ1v) is 11.1. The Morgan fingerprint density at radius 1 is 1.12 bits per heavy atom. The number of hydrogen-bond donors (Lipinski definition) is 2. The number of amides is 2. The number of ether oxygens (including phenoxy) is 1. The number of nitrogens with zero attached hydrogens (tertiary/aromatic N) is 2. The first-order chi connectivity index (χ1) is 15.9. The second kappa shape index (κ2) is 9.32. The Bertz CT molecular complexity index is 1190. The van der Waals surface area contributed by atoms with Gasteiger partial charge in [-0.15, -0.1) is 0 Å². The molecular weight excluding hydrogens is 416 g/mol. The standard InChI is InChI=1S/C26H28N4O3/c1-5-33-25(31)22-17(4)27-26(32)28-24(22)21-15-30(20-9-7-6-8-10-20)29-23(21)19-13-11-18(12-14-19)16(2)3/h6-16,24H,5H2,1-4H3,(H2,27,28,32)/t24-/m0/s1. The highest BCUT2D eigenvalue weighted by atomic mass is 16.5. The number of aromatic nitrogens is 2. The van der Waals surface area contributed by atoms with Crippen LogP contribution in [0.4, 0.5) is 4.79 Å². The van der Waals surface area contributed by atoms with E-state index in [1.807, 2.05) is 48.7 Å². The van der Waals surface area contributed by atoms with Gasteiger partial charge in [-0.05, 0) is 37.5 Å². The monoisotopic (exact) mass is 444 g/mol. The molecular formula is C26H28N4O3. The Hall–Kier alpha value is -3.87. The van der Waals surface area contributed by atoms with Crippen molar-refractivity contribution in [1.82, 2.24) is 20.4 Å². The van der Waals surface area contributed by atoms with Crippen molar-refractivity contribution < 1.29 is 14.3 Å². The smallest absolute Gasteiger partial charge is 0.338 e. The second-order valence-corrected chi connectivity index (χ2v) is 8.28. The Morgan fingerprint density at radius 2 is 1.82 bits per heavy atom. The molecule has 0 saturated carbocycles. The number of nitrogens with one attached hydrogen (secondary N) is 2. The van der Waals surface area contributed by atoms with Crippen LogP contribution in [-0.4, -0.2) is 28.4 Å². The fourth-order valence-corrected chi connectivity index (χ4v) is 3.97. The summed E-state index contributed by atoms with van der Waals surface area (Å²) in [7, 11) is 0. The van der Waals surface area contributed by atoms with Gasteiger partial charge in [0.15, 0.2) is 0 Å². The first kappa shape index (κ1) is 22.3.